The molecule has 0 radical (unpaired) electrons. The van der Waals surface area contributed by atoms with Crippen LogP contribution in [0.2, 0.25) is 0 Å². The zero-order valence-electron chi connectivity index (χ0n) is 19.6. The summed E-state index contributed by atoms with van der Waals surface area (Å²) in [6.45, 7) is 3.40. The number of rotatable bonds is 4. The lowest BCUT2D eigenvalue weighted by molar-refractivity contribution is -0.200. The zero-order chi connectivity index (χ0) is 25.6. The highest BCUT2D eigenvalue weighted by Crippen LogP contribution is 2.43. The highest BCUT2D eigenvalue weighted by atomic mass is 32.2. The molecule has 1 aromatic carbocycles. The number of hydrogen-bond donors (Lipinski definition) is 0. The first-order valence-electron chi connectivity index (χ1n) is 11.3. The van der Waals surface area contributed by atoms with Gasteiger partial charge in [-0.2, -0.15) is 13.2 Å². The van der Waals surface area contributed by atoms with Gasteiger partial charge in [0.15, 0.2) is 15.9 Å². The maximum absolute atomic E-state index is 12.7. The molecule has 35 heavy (non-hydrogen) atoms. The average molecular weight is 513 g/mol. The van der Waals surface area contributed by atoms with Crippen LogP contribution in [0, 0.1) is 5.92 Å². The van der Waals surface area contributed by atoms with Crippen molar-refractivity contribution in [3.63, 3.8) is 0 Å². The molecular formula is C24H27F3N2O5S. The summed E-state index contributed by atoms with van der Waals surface area (Å²) >= 11 is 0. The SMILES string of the molecule is CC(OC(=O)N1CCC([C@@]2(C)Cc3cc(-c4ccc(S(C)(=O)=O)cc4)ncc3O2)CC1)C(F)(F)F. The van der Waals surface area contributed by atoms with E-state index in [1.54, 1.807) is 30.5 Å². The molecule has 2 aliphatic rings. The van der Waals surface area contributed by atoms with Gasteiger partial charge in [0.2, 0.25) is 0 Å². The van der Waals surface area contributed by atoms with Gasteiger partial charge in [-0.3, -0.25) is 4.98 Å². The fourth-order valence-electron chi connectivity index (χ4n) is 4.60. The van der Waals surface area contributed by atoms with Crippen molar-refractivity contribution in [1.82, 2.24) is 9.88 Å². The third-order valence-corrected chi connectivity index (χ3v) is 7.89. The van der Waals surface area contributed by atoms with Crippen molar-refractivity contribution in [3.05, 3.63) is 42.1 Å². The molecule has 11 heteroatoms. The topological polar surface area (TPSA) is 85.8 Å². The summed E-state index contributed by atoms with van der Waals surface area (Å²) in [6.07, 6.45) is -3.10. The monoisotopic (exact) mass is 512 g/mol. The Morgan fingerprint density at radius 3 is 2.43 bits per heavy atom. The average Bonchev–Trinajstić information content (AvgIpc) is 3.14. The second kappa shape index (κ2) is 9.00. The Kier molecular flexibility index (Phi) is 6.50. The van der Waals surface area contributed by atoms with Gasteiger partial charge in [-0.15, -0.1) is 0 Å². The number of piperidine rings is 1. The van der Waals surface area contributed by atoms with E-state index >= 15 is 0 Å². The van der Waals surface area contributed by atoms with Crippen molar-refractivity contribution in [2.24, 2.45) is 5.92 Å². The van der Waals surface area contributed by atoms with Crippen LogP contribution in [0.1, 0.15) is 32.3 Å². The molecule has 1 amide bonds. The lowest BCUT2D eigenvalue weighted by Crippen LogP contribution is -2.48. The Bertz CT molecular complexity index is 1210. The van der Waals surface area contributed by atoms with E-state index in [9.17, 15) is 26.4 Å². The number of sulfone groups is 1. The second-order valence-electron chi connectivity index (χ2n) is 9.39. The summed E-state index contributed by atoms with van der Waals surface area (Å²) in [5, 5.41) is 0. The summed E-state index contributed by atoms with van der Waals surface area (Å²) in [4.78, 5) is 18.1. The van der Waals surface area contributed by atoms with E-state index in [0.717, 1.165) is 24.3 Å². The van der Waals surface area contributed by atoms with Crippen molar-refractivity contribution in [2.75, 3.05) is 19.3 Å². The van der Waals surface area contributed by atoms with Gasteiger partial charge in [0.25, 0.3) is 0 Å². The number of aromatic nitrogens is 1. The summed E-state index contributed by atoms with van der Waals surface area (Å²) < 4.78 is 72.3. The van der Waals surface area contributed by atoms with Crippen molar-refractivity contribution in [1.29, 1.82) is 0 Å². The van der Waals surface area contributed by atoms with E-state index in [1.807, 2.05) is 13.0 Å². The molecule has 4 rings (SSSR count). The quantitative estimate of drug-likeness (QED) is 0.593. The van der Waals surface area contributed by atoms with Crippen molar-refractivity contribution in [3.8, 4) is 17.0 Å². The maximum Gasteiger partial charge on any atom is 0.425 e. The fraction of sp³-hybridized carbons (Fsp3) is 0.500. The third-order valence-electron chi connectivity index (χ3n) is 6.77. The number of ether oxygens (including phenoxy) is 2. The lowest BCUT2D eigenvalue weighted by atomic mass is 9.79. The minimum absolute atomic E-state index is 0.0940. The smallest absolute Gasteiger partial charge is 0.425 e. The normalized spacial score (nSPS) is 21.8. The minimum Gasteiger partial charge on any atom is -0.485 e. The summed E-state index contributed by atoms with van der Waals surface area (Å²) in [7, 11) is -3.28. The van der Waals surface area contributed by atoms with E-state index in [1.165, 1.54) is 4.90 Å². The van der Waals surface area contributed by atoms with Gasteiger partial charge < -0.3 is 14.4 Å². The maximum atomic E-state index is 12.7. The van der Waals surface area contributed by atoms with Crippen LogP contribution in [0.3, 0.4) is 0 Å². The molecule has 1 fully saturated rings. The van der Waals surface area contributed by atoms with Crippen molar-refractivity contribution in [2.45, 2.75) is 55.9 Å². The van der Waals surface area contributed by atoms with Crippen LogP contribution in [-0.4, -0.2) is 61.6 Å². The number of alkyl halides is 3. The van der Waals surface area contributed by atoms with Gasteiger partial charge in [0.05, 0.1) is 16.8 Å². The number of carbonyl (C=O) groups is 1. The van der Waals surface area contributed by atoms with E-state index in [2.05, 4.69) is 9.72 Å². The Hall–Kier alpha value is -2.82. The number of fused-ring (bicyclic) bond motifs is 1. The Morgan fingerprint density at radius 1 is 1.23 bits per heavy atom. The van der Waals surface area contributed by atoms with Crippen LogP contribution in [0.15, 0.2) is 41.4 Å². The highest BCUT2D eigenvalue weighted by Gasteiger charge is 2.45. The molecule has 0 N–H and O–H groups in total. The first-order chi connectivity index (χ1) is 16.3. The molecular weight excluding hydrogens is 485 g/mol. The molecule has 1 saturated heterocycles. The number of amides is 1. The van der Waals surface area contributed by atoms with Crippen LogP contribution < -0.4 is 4.74 Å². The molecule has 1 unspecified atom stereocenters. The molecule has 0 saturated carbocycles. The number of pyridine rings is 1. The highest BCUT2D eigenvalue weighted by molar-refractivity contribution is 7.90. The standard InChI is InChI=1S/C24H27F3N2O5S/c1-15(24(25,26)27)33-22(30)29-10-8-18(9-11-29)23(2)13-17-12-20(28-14-21(17)34-23)16-4-6-19(7-5-16)35(3,31)32/h4-7,12,14-15,18H,8-11,13H2,1-3H3/t15?,23-/m1/s1. The van der Waals surface area contributed by atoms with Gasteiger partial charge in [0.1, 0.15) is 11.4 Å². The van der Waals surface area contributed by atoms with Gasteiger partial charge in [-0.05, 0) is 44.9 Å². The van der Waals surface area contributed by atoms with E-state index in [4.69, 9.17) is 4.74 Å². The Labute approximate surface area is 202 Å². The third kappa shape index (κ3) is 5.39. The Balaban J connectivity index is 1.40. The molecule has 3 heterocycles. The zero-order valence-corrected chi connectivity index (χ0v) is 20.4. The molecule has 7 nitrogen and oxygen atoms in total. The van der Waals surface area contributed by atoms with Crippen molar-refractivity contribution >= 4 is 15.9 Å². The summed E-state index contributed by atoms with van der Waals surface area (Å²) in [6, 6.07) is 8.47. The molecule has 190 valence electrons. The summed E-state index contributed by atoms with van der Waals surface area (Å²) in [5.41, 5.74) is 1.94. The predicted octanol–water partition coefficient (Wildman–Crippen LogP) is 4.65. The first kappa shape index (κ1) is 25.3. The molecule has 2 atom stereocenters. The van der Waals surface area contributed by atoms with E-state index < -0.39 is 33.8 Å². The van der Waals surface area contributed by atoms with Crippen LogP contribution in [0.4, 0.5) is 18.0 Å². The van der Waals surface area contributed by atoms with Crippen LogP contribution in [0.5, 0.6) is 5.75 Å². The molecule has 0 spiro atoms. The molecule has 0 bridgehead atoms. The van der Waals surface area contributed by atoms with Crippen molar-refractivity contribution < 1.29 is 35.9 Å². The number of carbonyl (C=O) groups excluding carboxylic acids is 1. The number of likely N-dealkylation sites (tertiary alicyclic amines) is 1. The molecule has 1 aromatic heterocycles. The molecule has 2 aromatic rings. The fourth-order valence-corrected chi connectivity index (χ4v) is 5.23. The van der Waals surface area contributed by atoms with Gasteiger partial charge in [-0.25, -0.2) is 13.2 Å². The van der Waals surface area contributed by atoms with Gasteiger partial charge >= 0.3 is 12.3 Å². The van der Waals surface area contributed by atoms with E-state index in [0.29, 0.717) is 43.8 Å². The number of hydrogen-bond acceptors (Lipinski definition) is 6. The summed E-state index contributed by atoms with van der Waals surface area (Å²) in [5.74, 6) is 0.765. The Morgan fingerprint density at radius 2 is 1.86 bits per heavy atom. The number of benzene rings is 1. The number of nitrogens with zero attached hydrogens (tertiary/aromatic N) is 2. The largest absolute Gasteiger partial charge is 0.485 e. The minimum atomic E-state index is -4.59. The van der Waals surface area contributed by atoms with Gasteiger partial charge in [-0.1, -0.05) is 12.1 Å². The second-order valence-corrected chi connectivity index (χ2v) is 11.4. The molecule has 2 aliphatic heterocycles. The van der Waals surface area contributed by atoms with Crippen LogP contribution in [0.25, 0.3) is 11.3 Å². The lowest BCUT2D eigenvalue weighted by Gasteiger charge is -2.39. The number of halogens is 3. The first-order valence-corrected chi connectivity index (χ1v) is 13.2. The van der Waals surface area contributed by atoms with E-state index in [-0.39, 0.29) is 10.8 Å². The van der Waals surface area contributed by atoms with Crippen LogP contribution in [-0.2, 0) is 21.0 Å². The molecule has 0 aliphatic carbocycles. The van der Waals surface area contributed by atoms with Crippen LogP contribution >= 0.6 is 0 Å². The van der Waals surface area contributed by atoms with Gasteiger partial charge in [0, 0.05) is 42.8 Å². The predicted molar refractivity (Wildman–Crippen MR) is 122 cm³/mol.